The molecule has 12 heteroatoms. The summed E-state index contributed by atoms with van der Waals surface area (Å²) in [6, 6.07) is 7.32. The Morgan fingerprint density at radius 2 is 1.81 bits per heavy atom. The largest absolute Gasteiger partial charge is 0.486 e. The van der Waals surface area contributed by atoms with E-state index in [9.17, 15) is 26.4 Å². The first-order chi connectivity index (χ1) is 14.9. The first kappa shape index (κ1) is 24.0. The number of carbonyl (C=O) groups excluding carboxylic acids is 1. The third-order valence-corrected chi connectivity index (χ3v) is 6.07. The van der Waals surface area contributed by atoms with E-state index >= 15 is 0 Å². The number of hydrogen-bond acceptors (Lipinski definition) is 5. The molecule has 0 saturated heterocycles. The number of amides is 1. The van der Waals surface area contributed by atoms with Crippen molar-refractivity contribution < 1.29 is 35.9 Å². The summed E-state index contributed by atoms with van der Waals surface area (Å²) in [4.78, 5) is 12.2. The van der Waals surface area contributed by atoms with Gasteiger partial charge in [-0.05, 0) is 36.8 Å². The zero-order valence-corrected chi connectivity index (χ0v) is 18.5. The van der Waals surface area contributed by atoms with E-state index in [4.69, 9.17) is 21.1 Å². The molecule has 2 aromatic carbocycles. The third kappa shape index (κ3) is 5.98. The van der Waals surface area contributed by atoms with E-state index in [0.29, 0.717) is 30.4 Å². The van der Waals surface area contributed by atoms with Crippen molar-refractivity contribution in [3.05, 3.63) is 47.0 Å². The fraction of sp³-hybridized carbons (Fsp3) is 0.350. The fourth-order valence-electron chi connectivity index (χ4n) is 3.07. The number of anilines is 2. The molecule has 3 rings (SSSR count). The van der Waals surface area contributed by atoms with Crippen molar-refractivity contribution in [1.29, 1.82) is 0 Å². The van der Waals surface area contributed by atoms with E-state index in [-0.39, 0.29) is 30.1 Å². The molecule has 0 atom stereocenters. The Balaban J connectivity index is 1.65. The molecular formula is C20H20ClF3N2O5S. The van der Waals surface area contributed by atoms with Crippen molar-refractivity contribution in [3.63, 3.8) is 0 Å². The normalized spacial score (nSPS) is 13.5. The van der Waals surface area contributed by atoms with Crippen LogP contribution in [-0.4, -0.2) is 40.3 Å². The minimum absolute atomic E-state index is 0.0256. The number of rotatable bonds is 7. The molecular weight excluding hydrogens is 473 g/mol. The number of halogens is 4. The maximum absolute atomic E-state index is 12.9. The van der Waals surface area contributed by atoms with Crippen LogP contribution in [0, 0.1) is 0 Å². The number of fused-ring (bicyclic) bond motifs is 1. The van der Waals surface area contributed by atoms with E-state index in [1.54, 1.807) is 12.1 Å². The Morgan fingerprint density at radius 3 is 2.47 bits per heavy atom. The van der Waals surface area contributed by atoms with Crippen molar-refractivity contribution >= 4 is 38.9 Å². The molecule has 1 heterocycles. The number of nitrogens with one attached hydrogen (secondary N) is 1. The summed E-state index contributed by atoms with van der Waals surface area (Å²) < 4.78 is 75.2. The summed E-state index contributed by atoms with van der Waals surface area (Å²) in [5.74, 6) is 0.326. The molecule has 2 aromatic rings. The average Bonchev–Trinajstić information content (AvgIpc) is 2.70. The van der Waals surface area contributed by atoms with Crippen LogP contribution in [0.2, 0.25) is 5.02 Å². The molecule has 32 heavy (non-hydrogen) atoms. The van der Waals surface area contributed by atoms with Gasteiger partial charge in [-0.2, -0.15) is 13.2 Å². The van der Waals surface area contributed by atoms with Crippen molar-refractivity contribution in [3.8, 4) is 11.5 Å². The lowest BCUT2D eigenvalue weighted by Gasteiger charge is -2.25. The molecule has 0 bridgehead atoms. The second-order valence-electron chi connectivity index (χ2n) is 7.01. The van der Waals surface area contributed by atoms with Gasteiger partial charge < -0.3 is 14.8 Å². The maximum Gasteiger partial charge on any atom is 0.416 e. The zero-order chi connectivity index (χ0) is 23.5. The minimum Gasteiger partial charge on any atom is -0.486 e. The second kappa shape index (κ2) is 9.45. The lowest BCUT2D eigenvalue weighted by Crippen LogP contribution is -2.31. The van der Waals surface area contributed by atoms with Crippen molar-refractivity contribution in [2.45, 2.75) is 19.0 Å². The topological polar surface area (TPSA) is 84.9 Å². The summed E-state index contributed by atoms with van der Waals surface area (Å²) in [6.07, 6.45) is -3.57. The second-order valence-corrected chi connectivity index (χ2v) is 9.32. The van der Waals surface area contributed by atoms with E-state index in [1.807, 2.05) is 0 Å². The van der Waals surface area contributed by atoms with Gasteiger partial charge in [0.25, 0.3) is 0 Å². The number of hydrogen-bond donors (Lipinski definition) is 1. The van der Waals surface area contributed by atoms with Gasteiger partial charge in [0, 0.05) is 19.0 Å². The number of nitrogens with zero attached hydrogens (tertiary/aromatic N) is 1. The van der Waals surface area contributed by atoms with Crippen molar-refractivity contribution in [2.24, 2.45) is 0 Å². The van der Waals surface area contributed by atoms with E-state index in [2.05, 4.69) is 5.32 Å². The van der Waals surface area contributed by atoms with Gasteiger partial charge in [-0.3, -0.25) is 9.10 Å². The first-order valence-corrected chi connectivity index (χ1v) is 11.7. The number of alkyl halides is 3. The summed E-state index contributed by atoms with van der Waals surface area (Å²) >= 11 is 5.88. The lowest BCUT2D eigenvalue weighted by atomic mass is 10.2. The zero-order valence-electron chi connectivity index (χ0n) is 16.9. The Morgan fingerprint density at radius 1 is 1.12 bits per heavy atom. The molecule has 1 aliphatic heterocycles. The number of sulfonamides is 1. The number of benzene rings is 2. The van der Waals surface area contributed by atoms with Crippen LogP contribution in [0.3, 0.4) is 0 Å². The lowest BCUT2D eigenvalue weighted by molar-refractivity contribution is -0.137. The van der Waals surface area contributed by atoms with E-state index < -0.39 is 27.7 Å². The molecule has 7 nitrogen and oxygen atoms in total. The highest BCUT2D eigenvalue weighted by Gasteiger charge is 2.31. The maximum atomic E-state index is 12.9. The molecule has 0 aromatic heterocycles. The van der Waals surface area contributed by atoms with Gasteiger partial charge in [-0.15, -0.1) is 0 Å². The summed E-state index contributed by atoms with van der Waals surface area (Å²) in [6.45, 7) is 0.711. The van der Waals surface area contributed by atoms with Crippen LogP contribution < -0.4 is 19.1 Å². The first-order valence-electron chi connectivity index (χ1n) is 9.49. The standard InChI is InChI=1S/C20H20ClF3N2O5S/c1-32(28,29)26(14-5-7-17-18(12-14)31-10-9-30-17)8-2-3-19(27)25-16-11-13(20(22,23)24)4-6-15(16)21/h4-7,11-12H,2-3,8-10H2,1H3,(H,25,27). The number of carbonyl (C=O) groups is 1. The number of ether oxygens (including phenoxy) is 2. The van der Waals surface area contributed by atoms with Crippen LogP contribution in [0.1, 0.15) is 18.4 Å². The van der Waals surface area contributed by atoms with Gasteiger partial charge in [0.1, 0.15) is 13.2 Å². The quantitative estimate of drug-likeness (QED) is 0.622. The Kier molecular flexibility index (Phi) is 7.09. The van der Waals surface area contributed by atoms with Gasteiger partial charge in [0.05, 0.1) is 28.2 Å². The molecule has 0 spiro atoms. The van der Waals surface area contributed by atoms with Gasteiger partial charge in [-0.1, -0.05) is 11.6 Å². The minimum atomic E-state index is -4.58. The highest BCUT2D eigenvalue weighted by molar-refractivity contribution is 7.92. The highest BCUT2D eigenvalue weighted by atomic mass is 35.5. The third-order valence-electron chi connectivity index (χ3n) is 4.55. The van der Waals surface area contributed by atoms with Crippen LogP contribution in [-0.2, 0) is 21.0 Å². The highest BCUT2D eigenvalue weighted by Crippen LogP contribution is 2.35. The monoisotopic (exact) mass is 492 g/mol. The van der Waals surface area contributed by atoms with Gasteiger partial charge >= 0.3 is 6.18 Å². The SMILES string of the molecule is CS(=O)(=O)N(CCCC(=O)Nc1cc(C(F)(F)F)ccc1Cl)c1ccc2c(c1)OCCO2. The van der Waals surface area contributed by atoms with Gasteiger partial charge in [-0.25, -0.2) is 8.42 Å². The van der Waals surface area contributed by atoms with Gasteiger partial charge in [0.15, 0.2) is 11.5 Å². The van der Waals surface area contributed by atoms with Crippen LogP contribution in [0.5, 0.6) is 11.5 Å². The Labute approximate surface area is 188 Å². The molecule has 1 aliphatic rings. The van der Waals surface area contributed by atoms with Crippen LogP contribution in [0.25, 0.3) is 0 Å². The summed E-state index contributed by atoms with van der Waals surface area (Å²) in [5.41, 5.74) is -0.768. The van der Waals surface area contributed by atoms with Crippen LogP contribution >= 0.6 is 11.6 Å². The summed E-state index contributed by atoms with van der Waals surface area (Å²) in [7, 11) is -3.67. The van der Waals surface area contributed by atoms with Gasteiger partial charge in [0.2, 0.25) is 15.9 Å². The molecule has 1 N–H and O–H groups in total. The molecule has 0 unspecified atom stereocenters. The van der Waals surface area contributed by atoms with Crippen LogP contribution in [0.15, 0.2) is 36.4 Å². The predicted octanol–water partition coefficient (Wildman–Crippen LogP) is 4.31. The molecule has 0 aliphatic carbocycles. The predicted molar refractivity (Wildman–Crippen MR) is 114 cm³/mol. The van der Waals surface area contributed by atoms with E-state index in [0.717, 1.165) is 28.8 Å². The molecule has 0 saturated carbocycles. The Hall–Kier alpha value is -2.66. The van der Waals surface area contributed by atoms with Crippen LogP contribution in [0.4, 0.5) is 24.5 Å². The van der Waals surface area contributed by atoms with Crippen molar-refractivity contribution in [1.82, 2.24) is 0 Å². The molecule has 1 amide bonds. The molecule has 174 valence electrons. The van der Waals surface area contributed by atoms with Crippen molar-refractivity contribution in [2.75, 3.05) is 35.6 Å². The Bertz CT molecular complexity index is 1110. The average molecular weight is 493 g/mol. The molecule has 0 fully saturated rings. The fourth-order valence-corrected chi connectivity index (χ4v) is 4.19. The van der Waals surface area contributed by atoms with E-state index in [1.165, 1.54) is 6.07 Å². The summed E-state index contributed by atoms with van der Waals surface area (Å²) in [5, 5.41) is 2.30. The molecule has 0 radical (unpaired) electrons. The smallest absolute Gasteiger partial charge is 0.416 e.